The van der Waals surface area contributed by atoms with Gasteiger partial charge in [0.1, 0.15) is 0 Å². The van der Waals surface area contributed by atoms with Crippen LogP contribution in [0.15, 0.2) is 0 Å². The first-order valence-corrected chi connectivity index (χ1v) is 12.7. The van der Waals surface area contributed by atoms with E-state index < -0.39 is 8.80 Å². The average Bonchev–Trinajstić information content (AvgIpc) is 2.61. The van der Waals surface area contributed by atoms with Crippen molar-refractivity contribution in [3.05, 3.63) is 0 Å². The number of nitrogens with zero attached hydrogens (tertiary/aromatic N) is 1. The van der Waals surface area contributed by atoms with Crippen molar-refractivity contribution < 1.29 is 23.1 Å². The molecule has 7 heteroatoms. The Morgan fingerprint density at radius 3 is 2.00 bits per heavy atom. The summed E-state index contributed by atoms with van der Waals surface area (Å²) in [7, 11) is -2.74. The lowest BCUT2D eigenvalue weighted by Crippen LogP contribution is -2.57. The van der Waals surface area contributed by atoms with Gasteiger partial charge in [-0.15, -0.1) is 0 Å². The zero-order valence-electron chi connectivity index (χ0n) is 18.1. The normalized spacial score (nSPS) is 34.6. The predicted molar refractivity (Wildman–Crippen MR) is 109 cm³/mol. The summed E-state index contributed by atoms with van der Waals surface area (Å²) >= 11 is 0. The summed E-state index contributed by atoms with van der Waals surface area (Å²) in [5, 5.41) is 10.7. The van der Waals surface area contributed by atoms with Gasteiger partial charge in [0.05, 0.1) is 18.3 Å². The molecule has 0 aromatic heterocycles. The number of aliphatic hydroxyl groups is 1. The maximum Gasteiger partial charge on any atom is 0.504 e. The summed E-state index contributed by atoms with van der Waals surface area (Å²) < 4.78 is 24.4. The number of aliphatic hydroxyl groups excluding tert-OH is 1. The van der Waals surface area contributed by atoms with Crippen LogP contribution in [-0.4, -0.2) is 76.1 Å². The van der Waals surface area contributed by atoms with Crippen molar-refractivity contribution >= 4 is 8.80 Å². The van der Waals surface area contributed by atoms with Crippen LogP contribution in [0.5, 0.6) is 0 Å². The van der Waals surface area contributed by atoms with E-state index in [1.165, 1.54) is 0 Å². The van der Waals surface area contributed by atoms with E-state index in [1.54, 1.807) is 0 Å². The lowest BCUT2D eigenvalue weighted by Gasteiger charge is -2.47. The van der Waals surface area contributed by atoms with Crippen molar-refractivity contribution in [2.24, 2.45) is 5.92 Å². The van der Waals surface area contributed by atoms with Crippen LogP contribution in [0.4, 0.5) is 0 Å². The molecule has 0 aromatic rings. The Labute approximate surface area is 166 Å². The van der Waals surface area contributed by atoms with Crippen LogP contribution in [0.25, 0.3) is 0 Å². The first kappa shape index (κ1) is 23.3. The highest BCUT2D eigenvalue weighted by Gasteiger charge is 2.51. The molecule has 0 bridgehead atoms. The Balaban J connectivity index is 2.14. The highest BCUT2D eigenvalue weighted by molar-refractivity contribution is 6.62. The maximum absolute atomic E-state index is 10.7. The van der Waals surface area contributed by atoms with Crippen LogP contribution in [-0.2, 0) is 18.0 Å². The van der Waals surface area contributed by atoms with Crippen LogP contribution < -0.4 is 0 Å². The molecule has 0 spiro atoms. The molecule has 160 valence electrons. The minimum absolute atomic E-state index is 0.177. The zero-order valence-corrected chi connectivity index (χ0v) is 19.1. The molecule has 0 aromatic carbocycles. The van der Waals surface area contributed by atoms with E-state index in [2.05, 4.69) is 25.7 Å². The average molecular weight is 404 g/mol. The van der Waals surface area contributed by atoms with Crippen molar-refractivity contribution in [1.82, 2.24) is 4.90 Å². The predicted octanol–water partition coefficient (Wildman–Crippen LogP) is 3.06. The first-order valence-electron chi connectivity index (χ1n) is 10.9. The SMILES string of the molecule is CCO[Si](OCC)(OCC)C(C)C1CCC(O)C(N2CC(C)OC(C)C2)C1. The third kappa shape index (κ3) is 5.75. The topological polar surface area (TPSA) is 60.4 Å². The van der Waals surface area contributed by atoms with Crippen molar-refractivity contribution in [1.29, 1.82) is 0 Å². The fourth-order valence-corrected chi connectivity index (χ4v) is 8.03. The minimum atomic E-state index is -2.74. The van der Waals surface area contributed by atoms with Gasteiger partial charge in [-0.2, -0.15) is 0 Å². The van der Waals surface area contributed by atoms with Gasteiger partial charge >= 0.3 is 8.80 Å². The molecule has 6 atom stereocenters. The molecule has 1 heterocycles. The Kier molecular flexibility index (Phi) is 9.19. The third-order valence-electron chi connectivity index (χ3n) is 6.04. The lowest BCUT2D eigenvalue weighted by molar-refractivity contribution is -0.107. The highest BCUT2D eigenvalue weighted by Crippen LogP contribution is 2.42. The molecule has 2 rings (SSSR count). The van der Waals surface area contributed by atoms with Crippen molar-refractivity contribution in [3.8, 4) is 0 Å². The van der Waals surface area contributed by atoms with Crippen LogP contribution >= 0.6 is 0 Å². The number of hydrogen-bond donors (Lipinski definition) is 1. The highest BCUT2D eigenvalue weighted by atomic mass is 28.4. The van der Waals surface area contributed by atoms with E-state index in [9.17, 15) is 5.11 Å². The number of rotatable bonds is 9. The fraction of sp³-hybridized carbons (Fsp3) is 1.00. The largest absolute Gasteiger partial charge is 0.504 e. The van der Waals surface area contributed by atoms with Crippen molar-refractivity contribution in [2.75, 3.05) is 32.9 Å². The van der Waals surface area contributed by atoms with Crippen LogP contribution in [0, 0.1) is 5.92 Å². The van der Waals surface area contributed by atoms with Gasteiger partial charge in [-0.25, -0.2) is 0 Å². The second kappa shape index (κ2) is 10.7. The molecule has 0 radical (unpaired) electrons. The summed E-state index contributed by atoms with van der Waals surface area (Å²) in [6.07, 6.45) is 2.94. The van der Waals surface area contributed by atoms with Crippen molar-refractivity contribution in [2.45, 2.75) is 90.7 Å². The van der Waals surface area contributed by atoms with Gasteiger partial charge in [-0.3, -0.25) is 4.90 Å². The summed E-state index contributed by atoms with van der Waals surface area (Å²) in [5.41, 5.74) is 0.225. The summed E-state index contributed by atoms with van der Waals surface area (Å²) in [5.74, 6) is 0.433. The molecule has 2 aliphatic rings. The molecule has 1 aliphatic carbocycles. The Morgan fingerprint density at radius 1 is 1.00 bits per heavy atom. The Morgan fingerprint density at radius 2 is 1.52 bits per heavy atom. The van der Waals surface area contributed by atoms with E-state index in [4.69, 9.17) is 18.0 Å². The molecule has 1 aliphatic heterocycles. The van der Waals surface area contributed by atoms with E-state index >= 15 is 0 Å². The van der Waals surface area contributed by atoms with E-state index in [-0.39, 0.29) is 29.9 Å². The molecule has 27 heavy (non-hydrogen) atoms. The number of morpholine rings is 1. The maximum atomic E-state index is 10.7. The number of hydrogen-bond acceptors (Lipinski definition) is 6. The van der Waals surface area contributed by atoms with Crippen molar-refractivity contribution in [3.63, 3.8) is 0 Å². The van der Waals surface area contributed by atoms with Crippen LogP contribution in [0.1, 0.15) is 60.8 Å². The standard InChI is InChI=1S/C20H41NO5Si/c1-7-23-27(24-8-2,25-9-3)17(6)18-10-11-20(22)19(12-18)21-13-15(4)26-16(5)14-21/h15-20,22H,7-14H2,1-6H3. The smallest absolute Gasteiger partial charge is 0.391 e. The van der Waals surface area contributed by atoms with Gasteiger partial charge in [0, 0.05) is 44.5 Å². The fourth-order valence-electron chi connectivity index (χ4n) is 4.91. The molecule has 1 N–H and O–H groups in total. The van der Waals surface area contributed by atoms with Gasteiger partial charge < -0.3 is 23.1 Å². The monoisotopic (exact) mass is 403 g/mol. The summed E-state index contributed by atoms with van der Waals surface area (Å²) in [6, 6.07) is 0.177. The molecule has 1 saturated carbocycles. The van der Waals surface area contributed by atoms with Gasteiger partial charge in [0.15, 0.2) is 0 Å². The number of ether oxygens (including phenoxy) is 1. The lowest BCUT2D eigenvalue weighted by atomic mass is 9.81. The van der Waals surface area contributed by atoms with Gasteiger partial charge in [-0.1, -0.05) is 6.92 Å². The molecular formula is C20H41NO5Si. The minimum Gasteiger partial charge on any atom is -0.391 e. The molecule has 6 unspecified atom stereocenters. The molecule has 0 amide bonds. The molecular weight excluding hydrogens is 362 g/mol. The Hall–Kier alpha value is -0.0231. The zero-order chi connectivity index (χ0) is 20.0. The third-order valence-corrected chi connectivity index (χ3v) is 9.70. The quantitative estimate of drug-likeness (QED) is 0.597. The Bertz CT molecular complexity index is 414. The summed E-state index contributed by atoms with van der Waals surface area (Å²) in [6.45, 7) is 16.1. The van der Waals surface area contributed by atoms with E-state index in [1.807, 2.05) is 20.8 Å². The second-order valence-electron chi connectivity index (χ2n) is 8.11. The molecule has 6 nitrogen and oxygen atoms in total. The van der Waals surface area contributed by atoms with E-state index in [0.29, 0.717) is 25.7 Å². The molecule has 2 fully saturated rings. The van der Waals surface area contributed by atoms with Gasteiger partial charge in [0.25, 0.3) is 0 Å². The van der Waals surface area contributed by atoms with Crippen LogP contribution in [0.3, 0.4) is 0 Å². The second-order valence-corrected chi connectivity index (χ2v) is 11.1. The molecule has 1 saturated heterocycles. The van der Waals surface area contributed by atoms with Crippen LogP contribution in [0.2, 0.25) is 5.54 Å². The van der Waals surface area contributed by atoms with Gasteiger partial charge in [0.2, 0.25) is 0 Å². The first-order chi connectivity index (χ1) is 12.9. The van der Waals surface area contributed by atoms with E-state index in [0.717, 1.165) is 32.4 Å². The van der Waals surface area contributed by atoms with Gasteiger partial charge in [-0.05, 0) is 59.8 Å². The summed E-state index contributed by atoms with van der Waals surface area (Å²) in [4.78, 5) is 2.44.